The topological polar surface area (TPSA) is 109 Å². The van der Waals surface area contributed by atoms with Crippen molar-refractivity contribution in [2.75, 3.05) is 5.73 Å². The lowest BCUT2D eigenvalue weighted by atomic mass is 10.3. The summed E-state index contributed by atoms with van der Waals surface area (Å²) in [5.74, 6) is 0.601. The van der Waals surface area contributed by atoms with Crippen molar-refractivity contribution in [3.63, 3.8) is 0 Å². The number of H-pyrrole nitrogens is 1. The maximum absolute atomic E-state index is 8.64. The number of anilines is 1. The van der Waals surface area contributed by atoms with Crippen LogP contribution in [0, 0.1) is 11.3 Å². The maximum atomic E-state index is 8.64. The molecule has 0 atom stereocenters. The Morgan fingerprint density at radius 3 is 3.06 bits per heavy atom. The van der Waals surface area contributed by atoms with Gasteiger partial charge in [-0.2, -0.15) is 9.94 Å². The molecule has 0 saturated heterocycles. The fourth-order valence-corrected chi connectivity index (χ4v) is 1.54. The molecular formula is C10H7N7. The predicted octanol–water partition coefficient (Wildman–Crippen LogP) is 0.597. The second kappa shape index (κ2) is 3.31. The van der Waals surface area contributed by atoms with Gasteiger partial charge in [0.05, 0.1) is 11.0 Å². The number of fused-ring (bicyclic) bond motifs is 1. The number of rotatable bonds is 1. The second-order valence-electron chi connectivity index (χ2n) is 3.46. The van der Waals surface area contributed by atoms with Gasteiger partial charge in [-0.05, 0) is 18.2 Å². The van der Waals surface area contributed by atoms with Gasteiger partial charge in [0, 0.05) is 5.69 Å². The lowest BCUT2D eigenvalue weighted by Gasteiger charge is -1.90. The number of benzene rings is 1. The Morgan fingerprint density at radius 1 is 1.41 bits per heavy atom. The van der Waals surface area contributed by atoms with Crippen LogP contribution in [0.1, 0.15) is 5.82 Å². The maximum Gasteiger partial charge on any atom is 0.252 e. The highest BCUT2D eigenvalue weighted by Crippen LogP contribution is 2.16. The number of imidazole rings is 1. The minimum Gasteiger partial charge on any atom is -0.399 e. The summed E-state index contributed by atoms with van der Waals surface area (Å²) in [4.78, 5) is 11.2. The van der Waals surface area contributed by atoms with Gasteiger partial charge in [-0.15, -0.1) is 5.10 Å². The molecule has 7 heteroatoms. The highest BCUT2D eigenvalue weighted by atomic mass is 15.4. The average Bonchev–Trinajstić information content (AvgIpc) is 2.93. The summed E-state index contributed by atoms with van der Waals surface area (Å²) in [5.41, 5.74) is 7.92. The first kappa shape index (κ1) is 9.35. The first-order valence-corrected chi connectivity index (χ1v) is 4.83. The Balaban J connectivity index is 2.15. The SMILES string of the molecule is N#Cc1ncn(-c2nc3ccc(N)cc3[nH]2)n1. The van der Waals surface area contributed by atoms with Crippen molar-refractivity contribution in [1.29, 1.82) is 5.26 Å². The fraction of sp³-hybridized carbons (Fsp3) is 0. The molecule has 2 heterocycles. The first-order valence-electron chi connectivity index (χ1n) is 4.83. The summed E-state index contributed by atoms with van der Waals surface area (Å²) in [6.07, 6.45) is 1.43. The molecule has 0 aliphatic heterocycles. The van der Waals surface area contributed by atoms with Crippen molar-refractivity contribution in [3.05, 3.63) is 30.4 Å². The van der Waals surface area contributed by atoms with Crippen LogP contribution in [0.2, 0.25) is 0 Å². The molecule has 0 radical (unpaired) electrons. The number of hydrogen-bond donors (Lipinski definition) is 2. The molecule has 3 N–H and O–H groups in total. The molecule has 1 aromatic carbocycles. The number of aromatic amines is 1. The first-order chi connectivity index (χ1) is 8.26. The van der Waals surface area contributed by atoms with Gasteiger partial charge in [-0.1, -0.05) is 0 Å². The Hall–Kier alpha value is -2.88. The smallest absolute Gasteiger partial charge is 0.252 e. The van der Waals surface area contributed by atoms with E-state index in [4.69, 9.17) is 11.0 Å². The fourth-order valence-electron chi connectivity index (χ4n) is 1.54. The van der Waals surface area contributed by atoms with E-state index in [9.17, 15) is 0 Å². The Labute approximate surface area is 95.5 Å². The van der Waals surface area contributed by atoms with Crippen molar-refractivity contribution in [2.24, 2.45) is 0 Å². The highest BCUT2D eigenvalue weighted by Gasteiger charge is 2.07. The third kappa shape index (κ3) is 1.48. The third-order valence-corrected chi connectivity index (χ3v) is 2.30. The van der Waals surface area contributed by atoms with E-state index in [0.29, 0.717) is 11.6 Å². The van der Waals surface area contributed by atoms with E-state index in [2.05, 4.69) is 20.1 Å². The second-order valence-corrected chi connectivity index (χ2v) is 3.46. The van der Waals surface area contributed by atoms with Crippen molar-refractivity contribution < 1.29 is 0 Å². The van der Waals surface area contributed by atoms with E-state index >= 15 is 0 Å². The monoisotopic (exact) mass is 225 g/mol. The van der Waals surface area contributed by atoms with Gasteiger partial charge < -0.3 is 10.7 Å². The molecule has 82 valence electrons. The van der Waals surface area contributed by atoms with E-state index in [1.807, 2.05) is 12.1 Å². The van der Waals surface area contributed by atoms with Crippen LogP contribution in [-0.2, 0) is 0 Å². The van der Waals surface area contributed by atoms with Crippen LogP contribution in [0.4, 0.5) is 5.69 Å². The molecule has 0 saturated carbocycles. The van der Waals surface area contributed by atoms with Gasteiger partial charge in [0.2, 0.25) is 5.95 Å². The summed E-state index contributed by atoms with van der Waals surface area (Å²) < 4.78 is 1.41. The molecule has 3 rings (SSSR count). The van der Waals surface area contributed by atoms with Crippen molar-refractivity contribution in [3.8, 4) is 12.0 Å². The molecule has 17 heavy (non-hydrogen) atoms. The zero-order chi connectivity index (χ0) is 11.8. The summed E-state index contributed by atoms with van der Waals surface area (Å²) in [7, 11) is 0. The summed E-state index contributed by atoms with van der Waals surface area (Å²) in [6.45, 7) is 0. The Bertz CT molecular complexity index is 731. The van der Waals surface area contributed by atoms with Crippen LogP contribution in [0.15, 0.2) is 24.5 Å². The standard InChI is InChI=1S/C10H7N7/c11-4-9-13-5-17(16-9)10-14-7-2-1-6(12)3-8(7)15-10/h1-3,5H,12H2,(H,14,15). The molecular weight excluding hydrogens is 218 g/mol. The van der Waals surface area contributed by atoms with E-state index in [0.717, 1.165) is 11.0 Å². The van der Waals surface area contributed by atoms with Crippen LogP contribution < -0.4 is 5.73 Å². The van der Waals surface area contributed by atoms with Crippen LogP contribution >= 0.6 is 0 Å². The largest absolute Gasteiger partial charge is 0.399 e. The number of nitrogen functional groups attached to an aromatic ring is 1. The minimum absolute atomic E-state index is 0.102. The molecule has 0 amide bonds. The van der Waals surface area contributed by atoms with Gasteiger partial charge in [-0.3, -0.25) is 0 Å². The third-order valence-electron chi connectivity index (χ3n) is 2.30. The quantitative estimate of drug-likeness (QED) is 0.589. The van der Waals surface area contributed by atoms with E-state index < -0.39 is 0 Å². The molecule has 0 fully saturated rings. The Kier molecular flexibility index (Phi) is 1.82. The summed E-state index contributed by atoms with van der Waals surface area (Å²) >= 11 is 0. The van der Waals surface area contributed by atoms with E-state index in [1.165, 1.54) is 11.0 Å². The molecule has 0 aliphatic rings. The zero-order valence-corrected chi connectivity index (χ0v) is 8.62. The molecule has 0 bridgehead atoms. The molecule has 0 spiro atoms. The molecule has 7 nitrogen and oxygen atoms in total. The van der Waals surface area contributed by atoms with Gasteiger partial charge in [0.15, 0.2) is 0 Å². The highest BCUT2D eigenvalue weighted by molar-refractivity contribution is 5.79. The molecule has 2 aromatic heterocycles. The minimum atomic E-state index is 0.102. The summed E-state index contributed by atoms with van der Waals surface area (Å²) in [5, 5.41) is 12.6. The number of aromatic nitrogens is 5. The van der Waals surface area contributed by atoms with Crippen molar-refractivity contribution in [2.45, 2.75) is 0 Å². The van der Waals surface area contributed by atoms with Crippen LogP contribution in [0.25, 0.3) is 17.0 Å². The number of nitrogens with one attached hydrogen (secondary N) is 1. The van der Waals surface area contributed by atoms with E-state index in [1.54, 1.807) is 12.1 Å². The van der Waals surface area contributed by atoms with Crippen molar-refractivity contribution >= 4 is 16.7 Å². The van der Waals surface area contributed by atoms with Gasteiger partial charge >= 0.3 is 0 Å². The van der Waals surface area contributed by atoms with Crippen LogP contribution in [0.3, 0.4) is 0 Å². The summed E-state index contributed by atoms with van der Waals surface area (Å²) in [6, 6.07) is 7.23. The van der Waals surface area contributed by atoms with Gasteiger partial charge in [-0.25, -0.2) is 9.97 Å². The number of nitrogens with zero attached hydrogens (tertiary/aromatic N) is 5. The van der Waals surface area contributed by atoms with Crippen LogP contribution in [0.5, 0.6) is 0 Å². The number of nitriles is 1. The number of hydrogen-bond acceptors (Lipinski definition) is 5. The number of nitrogens with two attached hydrogens (primary N) is 1. The zero-order valence-electron chi connectivity index (χ0n) is 8.62. The van der Waals surface area contributed by atoms with Gasteiger partial charge in [0.25, 0.3) is 5.82 Å². The molecule has 0 aliphatic carbocycles. The van der Waals surface area contributed by atoms with Gasteiger partial charge in [0.1, 0.15) is 12.4 Å². The molecule has 3 aromatic rings. The van der Waals surface area contributed by atoms with Crippen molar-refractivity contribution in [1.82, 2.24) is 24.7 Å². The Morgan fingerprint density at radius 2 is 2.29 bits per heavy atom. The average molecular weight is 225 g/mol. The van der Waals surface area contributed by atoms with E-state index in [-0.39, 0.29) is 5.82 Å². The molecule has 0 unspecified atom stereocenters. The predicted molar refractivity (Wildman–Crippen MR) is 60.1 cm³/mol. The lowest BCUT2D eigenvalue weighted by Crippen LogP contribution is -1.97. The lowest BCUT2D eigenvalue weighted by molar-refractivity contribution is 0.823. The van der Waals surface area contributed by atoms with Crippen LogP contribution in [-0.4, -0.2) is 24.7 Å². The normalized spacial score (nSPS) is 10.5.